The minimum absolute atomic E-state index is 0.241. The Morgan fingerprint density at radius 1 is 0.972 bits per heavy atom. The van der Waals surface area contributed by atoms with E-state index in [1.807, 2.05) is 18.2 Å². The Bertz CT molecular complexity index is 1760. The molecule has 0 saturated carbocycles. The molecule has 0 bridgehead atoms. The fourth-order valence-corrected chi connectivity index (χ4v) is 4.61. The lowest BCUT2D eigenvalue weighted by Gasteiger charge is -2.19. The number of hydrogen-bond acceptors (Lipinski definition) is 8. The molecule has 0 atom stereocenters. The summed E-state index contributed by atoms with van der Waals surface area (Å²) < 4.78 is 14.2. The number of fused-ring (bicyclic) bond motifs is 3. The molecule has 5 aromatic rings. The number of nitrogens with one attached hydrogen (secondary N) is 1. The number of thioether (sulfide) groups is 1. The average Bonchev–Trinajstić information content (AvgIpc) is 3.37. The van der Waals surface area contributed by atoms with Crippen molar-refractivity contribution in [3.05, 3.63) is 87.7 Å². The minimum atomic E-state index is -0.347. The number of aromatic amines is 1. The van der Waals surface area contributed by atoms with Crippen LogP contribution in [-0.2, 0) is 6.54 Å². The zero-order chi connectivity index (χ0) is 24.6. The SMILES string of the molecule is C=CCSc1n[nH]c(-n2ccc3nc4ccn(Cc5ccc6c(c5)OCCO6)c(=O)c4cc3c2=O)n1. The second kappa shape index (κ2) is 9.00. The number of hydrogen-bond donors (Lipinski definition) is 1. The van der Waals surface area contributed by atoms with Gasteiger partial charge in [0.2, 0.25) is 11.1 Å². The van der Waals surface area contributed by atoms with Crippen LogP contribution in [0.4, 0.5) is 0 Å². The first kappa shape index (κ1) is 22.1. The van der Waals surface area contributed by atoms with Crippen molar-refractivity contribution < 1.29 is 9.47 Å². The van der Waals surface area contributed by atoms with Crippen LogP contribution >= 0.6 is 11.8 Å². The van der Waals surface area contributed by atoms with E-state index in [0.717, 1.165) is 5.56 Å². The van der Waals surface area contributed by atoms with Crippen LogP contribution in [0.15, 0.2) is 76.2 Å². The number of ether oxygens (including phenoxy) is 2. The molecule has 180 valence electrons. The molecule has 1 N–H and O–H groups in total. The second-order valence-corrected chi connectivity index (χ2v) is 9.10. The molecule has 5 heterocycles. The fraction of sp³-hybridized carbons (Fsp3) is 0.160. The van der Waals surface area contributed by atoms with Crippen LogP contribution in [-0.4, -0.2) is 48.3 Å². The molecule has 0 aliphatic carbocycles. The van der Waals surface area contributed by atoms with Gasteiger partial charge in [-0.1, -0.05) is 23.9 Å². The van der Waals surface area contributed by atoms with E-state index in [2.05, 4.69) is 26.7 Å². The van der Waals surface area contributed by atoms with Crippen molar-refractivity contribution >= 4 is 33.6 Å². The maximum absolute atomic E-state index is 13.4. The monoisotopic (exact) mass is 500 g/mol. The number of H-pyrrole nitrogens is 1. The van der Waals surface area contributed by atoms with Gasteiger partial charge in [0.25, 0.3) is 11.1 Å². The van der Waals surface area contributed by atoms with Crippen molar-refractivity contribution in [1.82, 2.24) is 29.3 Å². The Morgan fingerprint density at radius 3 is 2.58 bits per heavy atom. The Kier molecular flexibility index (Phi) is 5.53. The first-order chi connectivity index (χ1) is 17.6. The molecule has 1 aliphatic heterocycles. The summed E-state index contributed by atoms with van der Waals surface area (Å²) in [6.45, 7) is 5.03. The normalized spacial score (nSPS) is 12.8. The highest BCUT2D eigenvalue weighted by molar-refractivity contribution is 7.99. The molecule has 0 saturated heterocycles. The van der Waals surface area contributed by atoms with E-state index in [0.29, 0.717) is 64.0 Å². The van der Waals surface area contributed by atoms with Gasteiger partial charge in [0.05, 0.1) is 28.4 Å². The maximum atomic E-state index is 13.4. The predicted molar refractivity (Wildman–Crippen MR) is 137 cm³/mol. The molecule has 0 amide bonds. The van der Waals surface area contributed by atoms with Crippen LogP contribution in [0.2, 0.25) is 0 Å². The van der Waals surface area contributed by atoms with Crippen molar-refractivity contribution in [2.45, 2.75) is 11.7 Å². The van der Waals surface area contributed by atoms with E-state index < -0.39 is 0 Å². The molecule has 0 unspecified atom stereocenters. The largest absolute Gasteiger partial charge is 0.486 e. The van der Waals surface area contributed by atoms with Gasteiger partial charge < -0.3 is 14.0 Å². The standard InChI is InChI=1S/C25H20N6O4S/c1-2-11-36-25-27-24(28-29-25)31-8-6-19-17(23(31)33)13-16-18(26-19)5-7-30(22(16)32)14-15-3-4-20-21(12-15)35-10-9-34-20/h2-8,12-13H,1,9-11,14H2,(H,27,28,29). The van der Waals surface area contributed by atoms with Crippen LogP contribution in [0.25, 0.3) is 27.8 Å². The average molecular weight is 501 g/mol. The van der Waals surface area contributed by atoms with Gasteiger partial charge in [-0.3, -0.25) is 14.2 Å². The van der Waals surface area contributed by atoms with Crippen LogP contribution in [0.3, 0.4) is 0 Å². The van der Waals surface area contributed by atoms with E-state index >= 15 is 0 Å². The number of benzene rings is 1. The Balaban J connectivity index is 1.39. The van der Waals surface area contributed by atoms with E-state index in [9.17, 15) is 9.59 Å². The first-order valence-corrected chi connectivity index (χ1v) is 12.2. The molecule has 36 heavy (non-hydrogen) atoms. The predicted octanol–water partition coefficient (Wildman–Crippen LogP) is 2.92. The van der Waals surface area contributed by atoms with E-state index in [1.54, 1.807) is 41.2 Å². The van der Waals surface area contributed by atoms with Gasteiger partial charge in [-0.2, -0.15) is 4.98 Å². The lowest BCUT2D eigenvalue weighted by Crippen LogP contribution is -2.22. The molecule has 1 aromatic carbocycles. The number of nitrogens with zero attached hydrogens (tertiary/aromatic N) is 5. The lowest BCUT2D eigenvalue weighted by atomic mass is 10.1. The fourth-order valence-electron chi connectivity index (χ4n) is 4.08. The first-order valence-electron chi connectivity index (χ1n) is 11.2. The Morgan fingerprint density at radius 2 is 1.75 bits per heavy atom. The third-order valence-corrected chi connectivity index (χ3v) is 6.63. The quantitative estimate of drug-likeness (QED) is 0.215. The van der Waals surface area contributed by atoms with Gasteiger partial charge in [-0.05, 0) is 35.9 Å². The van der Waals surface area contributed by atoms with Crippen molar-refractivity contribution in [2.24, 2.45) is 0 Å². The van der Waals surface area contributed by atoms with Gasteiger partial charge in [0, 0.05) is 18.1 Å². The molecule has 0 radical (unpaired) electrons. The zero-order valence-corrected chi connectivity index (χ0v) is 19.8. The summed E-state index contributed by atoms with van der Waals surface area (Å²) in [5, 5.41) is 8.10. The molecule has 0 spiro atoms. The molecule has 11 heteroatoms. The van der Waals surface area contributed by atoms with Crippen molar-refractivity contribution in [3.63, 3.8) is 0 Å². The summed E-state index contributed by atoms with van der Waals surface area (Å²) in [4.78, 5) is 35.6. The third-order valence-electron chi connectivity index (χ3n) is 5.79. The van der Waals surface area contributed by atoms with E-state index in [-0.39, 0.29) is 17.1 Å². The van der Waals surface area contributed by atoms with Gasteiger partial charge in [0.1, 0.15) is 13.2 Å². The number of aromatic nitrogens is 6. The molecule has 0 fully saturated rings. The summed E-state index contributed by atoms with van der Waals surface area (Å²) in [5.74, 6) is 2.30. The van der Waals surface area contributed by atoms with Crippen LogP contribution < -0.4 is 20.6 Å². The molecule has 1 aliphatic rings. The smallest absolute Gasteiger partial charge is 0.266 e. The van der Waals surface area contributed by atoms with E-state index in [4.69, 9.17) is 9.47 Å². The lowest BCUT2D eigenvalue weighted by molar-refractivity contribution is 0.171. The highest BCUT2D eigenvalue weighted by Crippen LogP contribution is 2.31. The second-order valence-electron chi connectivity index (χ2n) is 8.11. The summed E-state index contributed by atoms with van der Waals surface area (Å²) in [7, 11) is 0. The van der Waals surface area contributed by atoms with Crippen LogP contribution in [0.1, 0.15) is 5.56 Å². The number of rotatable bonds is 6. The molecular formula is C25H20N6O4S. The highest BCUT2D eigenvalue weighted by atomic mass is 32.2. The third kappa shape index (κ3) is 3.93. The topological polar surface area (TPSA) is 117 Å². The summed E-state index contributed by atoms with van der Waals surface area (Å²) in [6.07, 6.45) is 5.05. The Hall–Kier alpha value is -4.38. The van der Waals surface area contributed by atoms with Crippen molar-refractivity contribution in [1.29, 1.82) is 0 Å². The zero-order valence-electron chi connectivity index (χ0n) is 19.0. The minimum Gasteiger partial charge on any atom is -0.486 e. The highest BCUT2D eigenvalue weighted by Gasteiger charge is 2.15. The number of pyridine rings is 3. The van der Waals surface area contributed by atoms with Crippen molar-refractivity contribution in [2.75, 3.05) is 19.0 Å². The molecule has 4 aromatic heterocycles. The van der Waals surface area contributed by atoms with E-state index in [1.165, 1.54) is 16.3 Å². The molecule has 10 nitrogen and oxygen atoms in total. The van der Waals surface area contributed by atoms with Gasteiger partial charge in [-0.15, -0.1) is 11.7 Å². The van der Waals surface area contributed by atoms with Gasteiger partial charge in [0.15, 0.2) is 11.5 Å². The van der Waals surface area contributed by atoms with Crippen molar-refractivity contribution in [3.8, 4) is 17.4 Å². The van der Waals surface area contributed by atoms with Crippen LogP contribution in [0.5, 0.6) is 11.5 Å². The summed E-state index contributed by atoms with van der Waals surface area (Å²) in [6, 6.07) is 10.7. The van der Waals surface area contributed by atoms with Crippen LogP contribution in [0, 0.1) is 0 Å². The van der Waals surface area contributed by atoms with Gasteiger partial charge >= 0.3 is 0 Å². The van der Waals surface area contributed by atoms with Gasteiger partial charge in [-0.25, -0.2) is 10.1 Å². The summed E-state index contributed by atoms with van der Waals surface area (Å²) >= 11 is 1.40. The maximum Gasteiger partial charge on any atom is 0.266 e. The molecule has 6 rings (SSSR count). The summed E-state index contributed by atoms with van der Waals surface area (Å²) in [5.41, 5.74) is 1.32. The Labute approximate surface area is 208 Å². The molecular weight excluding hydrogens is 480 g/mol.